The highest BCUT2D eigenvalue weighted by molar-refractivity contribution is 8.03. The van der Waals surface area contributed by atoms with Crippen LogP contribution in [-0.4, -0.2) is 17.6 Å². The summed E-state index contributed by atoms with van der Waals surface area (Å²) in [5.74, 6) is -0.899. The van der Waals surface area contributed by atoms with E-state index < -0.39 is 11.8 Å². The number of rotatable bonds is 8. The number of carbonyl (C=O) groups is 2. The molecule has 3 N–H and O–H groups in total. The fourth-order valence-electron chi connectivity index (χ4n) is 3.83. The molecule has 0 unspecified atom stereocenters. The minimum atomic E-state index is -0.776. The molecule has 1 aliphatic heterocycles. The van der Waals surface area contributed by atoms with Gasteiger partial charge in [-0.05, 0) is 42.8 Å². The molecule has 0 spiro atoms. The van der Waals surface area contributed by atoms with E-state index >= 15 is 0 Å². The van der Waals surface area contributed by atoms with Gasteiger partial charge in [0.1, 0.15) is 5.76 Å². The number of hydrogen-bond acceptors (Lipinski definition) is 6. The van der Waals surface area contributed by atoms with Crippen LogP contribution in [0.5, 0.6) is 0 Å². The average Bonchev–Trinajstić information content (AvgIpc) is 3.42. The Labute approximate surface area is 228 Å². The second kappa shape index (κ2) is 12.1. The van der Waals surface area contributed by atoms with Gasteiger partial charge in [-0.3, -0.25) is 9.59 Å². The van der Waals surface area contributed by atoms with Crippen LogP contribution in [0.2, 0.25) is 10.0 Å². The van der Waals surface area contributed by atoms with Gasteiger partial charge >= 0.3 is 0 Å². The van der Waals surface area contributed by atoms with Crippen molar-refractivity contribution in [3.63, 3.8) is 0 Å². The first-order valence-electron chi connectivity index (χ1n) is 11.2. The SMILES string of the molecule is CC1=C(C(=O)Nc2ccc(Cl)cc2Cl)[C@@H](c2ccco2)C(C#N)=C(SCC(=O)NCc2ccccc2)N1. The zero-order valence-electron chi connectivity index (χ0n) is 19.7. The molecule has 1 aromatic heterocycles. The molecule has 2 heterocycles. The maximum atomic E-state index is 13.4. The number of nitrogens with one attached hydrogen (secondary N) is 3. The lowest BCUT2D eigenvalue weighted by Gasteiger charge is -2.28. The van der Waals surface area contributed by atoms with Crippen LogP contribution in [0.4, 0.5) is 5.69 Å². The fourth-order valence-corrected chi connectivity index (χ4v) is 5.21. The molecule has 4 rings (SSSR count). The van der Waals surface area contributed by atoms with E-state index in [0.29, 0.717) is 39.3 Å². The lowest BCUT2D eigenvalue weighted by atomic mass is 9.85. The van der Waals surface area contributed by atoms with Gasteiger partial charge in [0.25, 0.3) is 5.91 Å². The van der Waals surface area contributed by atoms with E-state index in [4.69, 9.17) is 27.6 Å². The predicted octanol–water partition coefficient (Wildman–Crippen LogP) is 5.97. The zero-order valence-corrected chi connectivity index (χ0v) is 22.0. The third kappa shape index (κ3) is 6.38. The minimum absolute atomic E-state index is 0.0837. The van der Waals surface area contributed by atoms with Gasteiger partial charge < -0.3 is 20.4 Å². The van der Waals surface area contributed by atoms with Crippen LogP contribution in [0.25, 0.3) is 0 Å². The van der Waals surface area contributed by atoms with Crippen molar-refractivity contribution in [2.75, 3.05) is 11.1 Å². The first-order chi connectivity index (χ1) is 17.9. The van der Waals surface area contributed by atoms with Crippen LogP contribution < -0.4 is 16.0 Å². The van der Waals surface area contributed by atoms with E-state index in [1.54, 1.807) is 31.2 Å². The number of anilines is 1. The number of thioether (sulfide) groups is 1. The molecule has 10 heteroatoms. The lowest BCUT2D eigenvalue weighted by molar-refractivity contribution is -0.118. The highest BCUT2D eigenvalue weighted by atomic mass is 35.5. The third-order valence-corrected chi connectivity index (χ3v) is 7.14. The van der Waals surface area contributed by atoms with E-state index in [1.165, 1.54) is 24.1 Å². The van der Waals surface area contributed by atoms with Crippen molar-refractivity contribution < 1.29 is 14.0 Å². The molecule has 1 aliphatic rings. The molecule has 2 aromatic carbocycles. The van der Waals surface area contributed by atoms with Crippen molar-refractivity contribution in [2.24, 2.45) is 0 Å². The number of halogens is 2. The number of amides is 2. The molecular weight excluding hydrogens is 531 g/mol. The topological polar surface area (TPSA) is 107 Å². The van der Waals surface area contributed by atoms with E-state index in [1.807, 2.05) is 30.3 Å². The molecular formula is C27H22Cl2N4O3S. The van der Waals surface area contributed by atoms with Gasteiger partial charge in [-0.2, -0.15) is 5.26 Å². The summed E-state index contributed by atoms with van der Waals surface area (Å²) < 4.78 is 5.63. The molecule has 2 amide bonds. The van der Waals surface area contributed by atoms with E-state index in [2.05, 4.69) is 22.0 Å². The Bertz CT molecular complexity index is 1410. The molecule has 188 valence electrons. The highest BCUT2D eigenvalue weighted by Gasteiger charge is 2.36. The van der Waals surface area contributed by atoms with Crippen LogP contribution in [0, 0.1) is 11.3 Å². The Morgan fingerprint density at radius 1 is 1.14 bits per heavy atom. The van der Waals surface area contributed by atoms with E-state index in [-0.39, 0.29) is 22.3 Å². The van der Waals surface area contributed by atoms with Crippen molar-refractivity contribution in [3.05, 3.63) is 110 Å². The van der Waals surface area contributed by atoms with Crippen molar-refractivity contribution in [1.29, 1.82) is 5.26 Å². The quantitative estimate of drug-likeness (QED) is 0.317. The van der Waals surface area contributed by atoms with Crippen molar-refractivity contribution in [1.82, 2.24) is 10.6 Å². The van der Waals surface area contributed by atoms with Gasteiger partial charge in [-0.25, -0.2) is 0 Å². The standard InChI is InChI=1S/C27H22Cl2N4O3S/c1-16-24(26(35)33-21-10-9-18(28)12-20(21)29)25(22-8-5-11-36-22)19(13-30)27(32-16)37-15-23(34)31-14-17-6-3-2-4-7-17/h2-12,25,32H,14-15H2,1H3,(H,31,34)(H,33,35)/t25-/m1/s1. The van der Waals surface area contributed by atoms with Crippen molar-refractivity contribution >= 4 is 52.5 Å². The Hall–Kier alpha value is -3.64. The molecule has 0 aliphatic carbocycles. The summed E-state index contributed by atoms with van der Waals surface area (Å²) in [6, 6.07) is 19.9. The number of benzene rings is 2. The Balaban J connectivity index is 1.55. The summed E-state index contributed by atoms with van der Waals surface area (Å²) in [6.07, 6.45) is 1.48. The molecule has 0 saturated carbocycles. The van der Waals surface area contributed by atoms with E-state index in [9.17, 15) is 14.9 Å². The number of furan rings is 1. The van der Waals surface area contributed by atoms with Gasteiger partial charge in [0.05, 0.1) is 50.9 Å². The monoisotopic (exact) mass is 552 g/mol. The smallest absolute Gasteiger partial charge is 0.254 e. The van der Waals surface area contributed by atoms with E-state index in [0.717, 1.165) is 5.56 Å². The molecule has 0 fully saturated rings. The van der Waals surface area contributed by atoms with Gasteiger partial charge in [0, 0.05) is 17.3 Å². The molecule has 0 radical (unpaired) electrons. The number of dihydropyridines is 1. The summed E-state index contributed by atoms with van der Waals surface area (Å²) >= 11 is 13.4. The highest BCUT2D eigenvalue weighted by Crippen LogP contribution is 2.41. The molecule has 0 bridgehead atoms. The third-order valence-electron chi connectivity index (χ3n) is 5.58. The van der Waals surface area contributed by atoms with Crippen LogP contribution in [0.3, 0.4) is 0 Å². The largest absolute Gasteiger partial charge is 0.468 e. The van der Waals surface area contributed by atoms with Crippen molar-refractivity contribution in [2.45, 2.75) is 19.4 Å². The second-order valence-electron chi connectivity index (χ2n) is 8.10. The van der Waals surface area contributed by atoms with Crippen LogP contribution in [-0.2, 0) is 16.1 Å². The summed E-state index contributed by atoms with van der Waals surface area (Å²) in [4.78, 5) is 25.9. The molecule has 37 heavy (non-hydrogen) atoms. The number of nitrogens with zero attached hydrogens (tertiary/aromatic N) is 1. The Morgan fingerprint density at radius 3 is 2.59 bits per heavy atom. The number of hydrogen-bond donors (Lipinski definition) is 3. The predicted molar refractivity (Wildman–Crippen MR) is 146 cm³/mol. The van der Waals surface area contributed by atoms with Crippen LogP contribution >= 0.6 is 35.0 Å². The summed E-state index contributed by atoms with van der Waals surface area (Å²) in [6.45, 7) is 2.14. The molecule has 3 aromatic rings. The molecule has 1 atom stereocenters. The van der Waals surface area contributed by atoms with Gasteiger partial charge in [-0.15, -0.1) is 0 Å². The second-order valence-corrected chi connectivity index (χ2v) is 9.93. The first-order valence-corrected chi connectivity index (χ1v) is 13.0. The van der Waals surface area contributed by atoms with Gasteiger partial charge in [-0.1, -0.05) is 65.3 Å². The fraction of sp³-hybridized carbons (Fsp3) is 0.148. The van der Waals surface area contributed by atoms with Crippen LogP contribution in [0.1, 0.15) is 24.2 Å². The maximum Gasteiger partial charge on any atom is 0.254 e. The number of allylic oxidation sites excluding steroid dienone is 2. The summed E-state index contributed by atoms with van der Waals surface area (Å²) in [7, 11) is 0. The van der Waals surface area contributed by atoms with Gasteiger partial charge in [0.2, 0.25) is 5.91 Å². The molecule has 7 nitrogen and oxygen atoms in total. The normalized spacial score (nSPS) is 15.1. The number of carbonyl (C=O) groups excluding carboxylic acids is 2. The summed E-state index contributed by atoms with van der Waals surface area (Å²) in [5, 5.41) is 20.1. The van der Waals surface area contributed by atoms with Crippen LogP contribution in [0.15, 0.2) is 93.2 Å². The lowest BCUT2D eigenvalue weighted by Crippen LogP contribution is -2.31. The zero-order chi connectivity index (χ0) is 26.4. The Morgan fingerprint density at radius 2 is 1.92 bits per heavy atom. The average molecular weight is 553 g/mol. The summed E-state index contributed by atoms with van der Waals surface area (Å²) in [5.41, 5.74) is 2.47. The number of nitriles is 1. The minimum Gasteiger partial charge on any atom is -0.468 e. The molecule has 0 saturated heterocycles. The van der Waals surface area contributed by atoms with Crippen molar-refractivity contribution in [3.8, 4) is 6.07 Å². The first kappa shape index (κ1) is 26.4. The Kier molecular flexibility index (Phi) is 8.62. The van der Waals surface area contributed by atoms with Gasteiger partial charge in [0.15, 0.2) is 0 Å². The maximum absolute atomic E-state index is 13.4.